The molecule has 0 aliphatic carbocycles. The number of hydrogen-bond acceptors (Lipinski definition) is 0. The maximum atomic E-state index is 2.46. The molecule has 0 amide bonds. The Labute approximate surface area is 288 Å². The van der Waals surface area contributed by atoms with Gasteiger partial charge in [-0.15, -0.1) is 0 Å². The second-order valence-corrected chi connectivity index (χ2v) is 15.9. The van der Waals surface area contributed by atoms with E-state index in [1.54, 1.807) is 0 Å². The number of aromatic nitrogens is 1. The van der Waals surface area contributed by atoms with E-state index in [4.69, 9.17) is 0 Å². The number of para-hydroxylation sites is 2. The van der Waals surface area contributed by atoms with Crippen LogP contribution < -0.4 is 0 Å². The summed E-state index contributed by atoms with van der Waals surface area (Å²) < 4.78 is 2.39. The third-order valence-corrected chi connectivity index (χ3v) is 10.7. The van der Waals surface area contributed by atoms with E-state index in [9.17, 15) is 0 Å². The van der Waals surface area contributed by atoms with Gasteiger partial charge in [0.25, 0.3) is 0 Å². The summed E-state index contributed by atoms with van der Waals surface area (Å²) in [6, 6.07) is 52.5. The molecule has 0 atom stereocenters. The summed E-state index contributed by atoms with van der Waals surface area (Å²) in [5, 5.41) is 13.1. The number of fused-ring (bicyclic) bond motifs is 10. The van der Waals surface area contributed by atoms with E-state index in [1.165, 1.54) is 92.8 Å². The molecule has 0 N–H and O–H groups in total. The molecule has 0 bridgehead atoms. The highest BCUT2D eigenvalue weighted by Gasteiger charge is 2.20. The van der Waals surface area contributed by atoms with Crippen molar-refractivity contribution >= 4 is 64.9 Å². The third-order valence-electron chi connectivity index (χ3n) is 10.7. The van der Waals surface area contributed by atoms with Crippen LogP contribution in [0.1, 0.15) is 52.7 Å². The maximum Gasteiger partial charge on any atom is 0.0541 e. The summed E-state index contributed by atoms with van der Waals surface area (Å²) in [5.74, 6) is 0. The molecule has 9 rings (SSSR count). The van der Waals surface area contributed by atoms with E-state index < -0.39 is 0 Å². The van der Waals surface area contributed by atoms with Crippen LogP contribution in [0.25, 0.3) is 81.7 Å². The van der Waals surface area contributed by atoms with Crippen LogP contribution in [0, 0.1) is 0 Å². The van der Waals surface area contributed by atoms with Crippen LogP contribution >= 0.6 is 0 Å². The fourth-order valence-electron chi connectivity index (χ4n) is 7.95. The highest BCUT2D eigenvalue weighted by Crippen LogP contribution is 2.42. The zero-order valence-electron chi connectivity index (χ0n) is 29.2. The van der Waals surface area contributed by atoms with Crippen molar-refractivity contribution in [1.29, 1.82) is 0 Å². The first-order valence-electron chi connectivity index (χ1n) is 17.5. The van der Waals surface area contributed by atoms with Gasteiger partial charge in [-0.05, 0) is 125 Å². The van der Waals surface area contributed by atoms with E-state index in [0.717, 1.165) is 0 Å². The maximum absolute atomic E-state index is 2.46. The molecule has 1 heterocycles. The molecule has 0 aliphatic rings. The van der Waals surface area contributed by atoms with Gasteiger partial charge in [0.05, 0.1) is 11.0 Å². The summed E-state index contributed by atoms with van der Waals surface area (Å²) in [7, 11) is 0. The molecule has 0 unspecified atom stereocenters. The molecule has 0 spiro atoms. The predicted octanol–water partition coefficient (Wildman–Crippen LogP) is 13.7. The van der Waals surface area contributed by atoms with Gasteiger partial charge in [0.15, 0.2) is 0 Å². The molecule has 238 valence electrons. The van der Waals surface area contributed by atoms with Gasteiger partial charge < -0.3 is 4.57 Å². The molecule has 1 aromatic heterocycles. The smallest absolute Gasteiger partial charge is 0.0541 e. The largest absolute Gasteiger partial charge is 0.309 e. The van der Waals surface area contributed by atoms with E-state index in [0.29, 0.717) is 0 Å². The van der Waals surface area contributed by atoms with Gasteiger partial charge in [0.1, 0.15) is 0 Å². The summed E-state index contributed by atoms with van der Waals surface area (Å²) in [6.45, 7) is 13.9. The molecule has 1 heteroatoms. The lowest BCUT2D eigenvalue weighted by molar-refractivity contribution is 0.590. The van der Waals surface area contributed by atoms with Crippen molar-refractivity contribution in [2.45, 2.75) is 52.4 Å². The molecular formula is C48H41N. The highest BCUT2D eigenvalue weighted by molar-refractivity contribution is 6.28. The minimum atomic E-state index is 0.0685. The Balaban J connectivity index is 1.26. The zero-order valence-corrected chi connectivity index (χ0v) is 29.2. The Morgan fingerprint density at radius 3 is 1.43 bits per heavy atom. The molecule has 8 aromatic carbocycles. The van der Waals surface area contributed by atoms with Gasteiger partial charge in [-0.1, -0.05) is 133 Å². The number of rotatable bonds is 2. The molecule has 0 fully saturated rings. The van der Waals surface area contributed by atoms with E-state index in [1.807, 2.05) is 0 Å². The van der Waals surface area contributed by atoms with Gasteiger partial charge in [-0.3, -0.25) is 0 Å². The Hall–Kier alpha value is -5.40. The van der Waals surface area contributed by atoms with Crippen LogP contribution in [0.4, 0.5) is 0 Å². The summed E-state index contributed by atoms with van der Waals surface area (Å²) in [4.78, 5) is 0. The van der Waals surface area contributed by atoms with Gasteiger partial charge in [0, 0.05) is 16.5 Å². The standard InChI is InChI=1S/C48H41N/c1-47(2,3)32-20-24-36-41-26-31-12-11-15-35(40(31)29-44(41)37-25-21-33(48(4,5)6)28-43(37)42(36)27-32)30-18-22-34(23-19-30)49-45-16-9-7-13-38(45)39-14-8-10-17-46(39)49/h7-29H,1-6H3. The van der Waals surface area contributed by atoms with Crippen LogP contribution in [0.3, 0.4) is 0 Å². The minimum absolute atomic E-state index is 0.0685. The molecule has 49 heavy (non-hydrogen) atoms. The van der Waals surface area contributed by atoms with Crippen LogP contribution in [0.15, 0.2) is 140 Å². The lowest BCUT2D eigenvalue weighted by Gasteiger charge is -2.23. The molecule has 1 nitrogen and oxygen atoms in total. The Kier molecular flexibility index (Phi) is 6.40. The quantitative estimate of drug-likeness (QED) is 0.132. The number of benzene rings is 8. The fraction of sp³-hybridized carbons (Fsp3) is 0.167. The van der Waals surface area contributed by atoms with Gasteiger partial charge in [0.2, 0.25) is 0 Å². The van der Waals surface area contributed by atoms with Crippen molar-refractivity contribution in [3.05, 3.63) is 151 Å². The number of nitrogens with zero attached hydrogens (tertiary/aromatic N) is 1. The second kappa shape index (κ2) is 10.5. The normalized spacial score (nSPS) is 12.7. The van der Waals surface area contributed by atoms with Crippen molar-refractivity contribution < 1.29 is 0 Å². The average molecular weight is 632 g/mol. The van der Waals surface area contributed by atoms with Crippen molar-refractivity contribution in [3.8, 4) is 16.8 Å². The summed E-state index contributed by atoms with van der Waals surface area (Å²) in [5.41, 5.74) is 9.01. The number of hydrogen-bond donors (Lipinski definition) is 0. The first-order valence-corrected chi connectivity index (χ1v) is 17.5. The van der Waals surface area contributed by atoms with E-state index in [-0.39, 0.29) is 10.8 Å². The Morgan fingerprint density at radius 2 is 0.878 bits per heavy atom. The molecular weight excluding hydrogens is 591 g/mol. The monoisotopic (exact) mass is 631 g/mol. The topological polar surface area (TPSA) is 4.93 Å². The van der Waals surface area contributed by atoms with Crippen LogP contribution in [-0.2, 0) is 10.8 Å². The van der Waals surface area contributed by atoms with Crippen LogP contribution in [0.2, 0.25) is 0 Å². The van der Waals surface area contributed by atoms with Gasteiger partial charge >= 0.3 is 0 Å². The van der Waals surface area contributed by atoms with Crippen molar-refractivity contribution in [2.24, 2.45) is 0 Å². The van der Waals surface area contributed by atoms with Crippen molar-refractivity contribution in [1.82, 2.24) is 4.57 Å². The summed E-state index contributed by atoms with van der Waals surface area (Å²) in [6.07, 6.45) is 0. The molecule has 0 aliphatic heterocycles. The molecule has 0 saturated heterocycles. The summed E-state index contributed by atoms with van der Waals surface area (Å²) >= 11 is 0. The first kappa shape index (κ1) is 29.7. The first-order chi connectivity index (χ1) is 23.6. The van der Waals surface area contributed by atoms with Gasteiger partial charge in [-0.2, -0.15) is 0 Å². The van der Waals surface area contributed by atoms with Crippen LogP contribution in [-0.4, -0.2) is 4.57 Å². The average Bonchev–Trinajstić information content (AvgIpc) is 3.44. The lowest BCUT2D eigenvalue weighted by Crippen LogP contribution is -2.11. The van der Waals surface area contributed by atoms with E-state index >= 15 is 0 Å². The minimum Gasteiger partial charge on any atom is -0.309 e. The zero-order chi connectivity index (χ0) is 33.7. The highest BCUT2D eigenvalue weighted by atomic mass is 15.0. The van der Waals surface area contributed by atoms with Crippen molar-refractivity contribution in [3.63, 3.8) is 0 Å². The predicted molar refractivity (Wildman–Crippen MR) is 214 cm³/mol. The lowest BCUT2D eigenvalue weighted by atomic mass is 9.81. The van der Waals surface area contributed by atoms with Gasteiger partial charge in [-0.25, -0.2) is 0 Å². The third kappa shape index (κ3) is 4.67. The fourth-order valence-corrected chi connectivity index (χ4v) is 7.95. The van der Waals surface area contributed by atoms with Crippen molar-refractivity contribution in [2.75, 3.05) is 0 Å². The molecule has 9 aromatic rings. The Morgan fingerprint density at radius 1 is 0.367 bits per heavy atom. The SMILES string of the molecule is CC(C)(C)c1ccc2c(c1)c1cc(C(C)(C)C)ccc1c1cc3c(-c4ccc(-n5c6ccccc6c6ccccc65)cc4)cccc3cc21. The molecule has 0 saturated carbocycles. The van der Waals surface area contributed by atoms with Crippen LogP contribution in [0.5, 0.6) is 0 Å². The second-order valence-electron chi connectivity index (χ2n) is 15.9. The Bertz CT molecular complexity index is 2710. The molecule has 0 radical (unpaired) electrons. The van der Waals surface area contributed by atoms with E-state index in [2.05, 4.69) is 186 Å².